The Labute approximate surface area is 120 Å². The van der Waals surface area contributed by atoms with E-state index in [1.165, 1.54) is 11.3 Å². The summed E-state index contributed by atoms with van der Waals surface area (Å²) in [5.74, 6) is 0.566. The molecular weight excluding hydrogens is 282 g/mol. The average molecular weight is 296 g/mol. The Bertz CT molecular complexity index is 597. The number of rotatable bonds is 4. The monoisotopic (exact) mass is 295 g/mol. The summed E-state index contributed by atoms with van der Waals surface area (Å²) in [6.45, 7) is 2.34. The van der Waals surface area contributed by atoms with Crippen molar-refractivity contribution in [1.29, 1.82) is 0 Å². The number of carbonyl (C=O) groups is 1. The Morgan fingerprint density at radius 1 is 1.42 bits per heavy atom. The van der Waals surface area contributed by atoms with Crippen LogP contribution in [0.25, 0.3) is 0 Å². The molecule has 0 saturated carbocycles. The second-order valence-electron chi connectivity index (χ2n) is 4.02. The largest absolute Gasteiger partial charge is 0.373 e. The molecule has 6 heteroatoms. The van der Waals surface area contributed by atoms with Crippen LogP contribution in [0.3, 0.4) is 0 Å². The fourth-order valence-electron chi connectivity index (χ4n) is 1.64. The van der Waals surface area contributed by atoms with Crippen LogP contribution in [0.4, 0.5) is 5.82 Å². The van der Waals surface area contributed by atoms with Crippen molar-refractivity contribution in [1.82, 2.24) is 10.3 Å². The zero-order chi connectivity index (χ0) is 13.8. The lowest BCUT2D eigenvalue weighted by molar-refractivity contribution is 0.0951. The predicted octanol–water partition coefficient (Wildman–Crippen LogP) is 3.08. The molecule has 0 unspecified atom stereocenters. The van der Waals surface area contributed by atoms with Crippen molar-refractivity contribution < 1.29 is 4.79 Å². The summed E-state index contributed by atoms with van der Waals surface area (Å²) >= 11 is 7.30. The minimum absolute atomic E-state index is 0.119. The van der Waals surface area contributed by atoms with Gasteiger partial charge in [0.1, 0.15) is 5.82 Å². The molecule has 2 N–H and O–H groups in total. The van der Waals surface area contributed by atoms with Gasteiger partial charge in [-0.25, -0.2) is 4.98 Å². The number of aryl methyl sites for hydroxylation is 1. The molecule has 1 amide bonds. The van der Waals surface area contributed by atoms with Crippen molar-refractivity contribution in [2.45, 2.75) is 13.5 Å². The lowest BCUT2D eigenvalue weighted by atomic mass is 10.2. The van der Waals surface area contributed by atoms with Gasteiger partial charge in [-0.1, -0.05) is 11.6 Å². The Kier molecular flexibility index (Phi) is 4.39. The van der Waals surface area contributed by atoms with E-state index in [1.807, 2.05) is 19.1 Å². The highest BCUT2D eigenvalue weighted by Crippen LogP contribution is 2.21. The third-order valence-electron chi connectivity index (χ3n) is 2.52. The maximum atomic E-state index is 12.1. The van der Waals surface area contributed by atoms with Gasteiger partial charge in [-0.2, -0.15) is 0 Å². The highest BCUT2D eigenvalue weighted by Gasteiger charge is 2.08. The molecule has 0 aliphatic heterocycles. The predicted molar refractivity (Wildman–Crippen MR) is 79.0 cm³/mol. The molecule has 100 valence electrons. The maximum Gasteiger partial charge on any atom is 0.251 e. The number of halogens is 1. The van der Waals surface area contributed by atoms with E-state index in [9.17, 15) is 4.79 Å². The SMILES string of the molecule is CNc1cc(C(=O)NCc2ccc(Cl)s2)cc(C)n1. The van der Waals surface area contributed by atoms with Crippen molar-refractivity contribution in [2.24, 2.45) is 0 Å². The van der Waals surface area contributed by atoms with E-state index in [2.05, 4.69) is 15.6 Å². The van der Waals surface area contributed by atoms with Gasteiger partial charge in [-0.05, 0) is 31.2 Å². The van der Waals surface area contributed by atoms with Gasteiger partial charge in [-0.15, -0.1) is 11.3 Å². The summed E-state index contributed by atoms with van der Waals surface area (Å²) in [4.78, 5) is 17.3. The molecule has 0 aromatic carbocycles. The number of amides is 1. The number of hydrogen-bond acceptors (Lipinski definition) is 4. The highest BCUT2D eigenvalue weighted by atomic mass is 35.5. The van der Waals surface area contributed by atoms with E-state index in [4.69, 9.17) is 11.6 Å². The second kappa shape index (κ2) is 6.04. The van der Waals surface area contributed by atoms with Crippen LogP contribution in [-0.4, -0.2) is 17.9 Å². The number of nitrogens with zero attached hydrogens (tertiary/aromatic N) is 1. The van der Waals surface area contributed by atoms with Crippen LogP contribution >= 0.6 is 22.9 Å². The van der Waals surface area contributed by atoms with Crippen molar-refractivity contribution in [2.75, 3.05) is 12.4 Å². The number of nitrogens with one attached hydrogen (secondary N) is 2. The van der Waals surface area contributed by atoms with E-state index in [-0.39, 0.29) is 5.91 Å². The standard InChI is InChI=1S/C13H14ClN3OS/c1-8-5-9(6-12(15-2)17-8)13(18)16-7-10-3-4-11(14)19-10/h3-6H,7H2,1-2H3,(H,15,17)(H,16,18). The van der Waals surface area contributed by atoms with Crippen molar-refractivity contribution in [3.63, 3.8) is 0 Å². The van der Waals surface area contributed by atoms with Crippen molar-refractivity contribution in [3.8, 4) is 0 Å². The Morgan fingerprint density at radius 3 is 2.84 bits per heavy atom. The average Bonchev–Trinajstić information content (AvgIpc) is 2.81. The van der Waals surface area contributed by atoms with Gasteiger partial charge < -0.3 is 10.6 Å². The summed E-state index contributed by atoms with van der Waals surface area (Å²) in [5.41, 5.74) is 1.40. The molecule has 2 heterocycles. The van der Waals surface area contributed by atoms with Crippen molar-refractivity contribution in [3.05, 3.63) is 44.7 Å². The van der Waals surface area contributed by atoms with Gasteiger partial charge in [0.2, 0.25) is 0 Å². The number of aromatic nitrogens is 1. The van der Waals surface area contributed by atoms with Crippen LogP contribution in [0.2, 0.25) is 4.34 Å². The fraction of sp³-hybridized carbons (Fsp3) is 0.231. The minimum Gasteiger partial charge on any atom is -0.373 e. The molecule has 2 aromatic rings. The number of thiophene rings is 1. The first kappa shape index (κ1) is 13.8. The molecule has 0 aliphatic rings. The normalized spacial score (nSPS) is 10.3. The van der Waals surface area contributed by atoms with E-state index in [1.54, 1.807) is 19.2 Å². The second-order valence-corrected chi connectivity index (χ2v) is 5.82. The topological polar surface area (TPSA) is 54.0 Å². The molecule has 2 rings (SSSR count). The molecule has 2 aromatic heterocycles. The fourth-order valence-corrected chi connectivity index (χ4v) is 2.67. The minimum atomic E-state index is -0.119. The van der Waals surface area contributed by atoms with Crippen LogP contribution in [0, 0.1) is 6.92 Å². The third kappa shape index (κ3) is 3.68. The maximum absolute atomic E-state index is 12.1. The lowest BCUT2D eigenvalue weighted by Crippen LogP contribution is -2.22. The highest BCUT2D eigenvalue weighted by molar-refractivity contribution is 7.16. The molecule has 0 bridgehead atoms. The molecule has 0 radical (unpaired) electrons. The van der Waals surface area contributed by atoms with Gasteiger partial charge in [0.25, 0.3) is 5.91 Å². The summed E-state index contributed by atoms with van der Waals surface area (Å²) < 4.78 is 0.724. The molecule has 19 heavy (non-hydrogen) atoms. The Morgan fingerprint density at radius 2 is 2.21 bits per heavy atom. The quantitative estimate of drug-likeness (QED) is 0.911. The Balaban J connectivity index is 2.05. The first-order valence-electron chi connectivity index (χ1n) is 5.77. The Hall–Kier alpha value is -1.59. The first-order chi connectivity index (χ1) is 9.08. The van der Waals surface area contributed by atoms with Crippen LogP contribution < -0.4 is 10.6 Å². The van der Waals surface area contributed by atoms with E-state index < -0.39 is 0 Å². The third-order valence-corrected chi connectivity index (χ3v) is 3.75. The van der Waals surface area contributed by atoms with Crippen LogP contribution in [0.5, 0.6) is 0 Å². The number of anilines is 1. The van der Waals surface area contributed by atoms with Gasteiger partial charge in [0.15, 0.2) is 0 Å². The van der Waals surface area contributed by atoms with Crippen LogP contribution in [0.15, 0.2) is 24.3 Å². The number of hydrogen-bond donors (Lipinski definition) is 2. The van der Waals surface area contributed by atoms with Crippen LogP contribution in [0.1, 0.15) is 20.9 Å². The summed E-state index contributed by atoms with van der Waals surface area (Å²) in [6, 6.07) is 7.22. The molecule has 0 saturated heterocycles. The lowest BCUT2D eigenvalue weighted by Gasteiger charge is -2.07. The molecular formula is C13H14ClN3OS. The van der Waals surface area contributed by atoms with Gasteiger partial charge in [0, 0.05) is 23.2 Å². The first-order valence-corrected chi connectivity index (χ1v) is 6.97. The molecule has 4 nitrogen and oxygen atoms in total. The zero-order valence-electron chi connectivity index (χ0n) is 10.7. The van der Waals surface area contributed by atoms with E-state index in [0.29, 0.717) is 17.9 Å². The van der Waals surface area contributed by atoms with Crippen LogP contribution in [-0.2, 0) is 6.54 Å². The van der Waals surface area contributed by atoms with E-state index >= 15 is 0 Å². The number of carbonyl (C=O) groups excluding carboxylic acids is 1. The van der Waals surface area contributed by atoms with E-state index in [0.717, 1.165) is 14.9 Å². The smallest absolute Gasteiger partial charge is 0.251 e. The van der Waals surface area contributed by atoms with Gasteiger partial charge in [0.05, 0.1) is 10.9 Å². The summed E-state index contributed by atoms with van der Waals surface area (Å²) in [5, 5.41) is 5.80. The summed E-state index contributed by atoms with van der Waals surface area (Å²) in [7, 11) is 1.77. The molecule has 0 atom stereocenters. The number of pyridine rings is 1. The van der Waals surface area contributed by atoms with Gasteiger partial charge in [-0.3, -0.25) is 4.79 Å². The molecule has 0 spiro atoms. The zero-order valence-corrected chi connectivity index (χ0v) is 12.2. The summed E-state index contributed by atoms with van der Waals surface area (Å²) in [6.07, 6.45) is 0. The molecule has 0 fully saturated rings. The molecule has 0 aliphatic carbocycles. The van der Waals surface area contributed by atoms with Crippen molar-refractivity contribution >= 4 is 34.7 Å². The van der Waals surface area contributed by atoms with Gasteiger partial charge >= 0.3 is 0 Å².